The Morgan fingerprint density at radius 1 is 1.53 bits per heavy atom. The van der Waals surface area contributed by atoms with Crippen LogP contribution in [-0.2, 0) is 0 Å². The molecule has 0 fully saturated rings. The SMILES string of the molecule is CC(O)CNCCNc1cc(Br)c(F)cc1[N+](=O)[O-]. The summed E-state index contributed by atoms with van der Waals surface area (Å²) in [5.74, 6) is -0.676. The van der Waals surface area contributed by atoms with E-state index in [1.165, 1.54) is 6.07 Å². The molecule has 0 bridgehead atoms. The van der Waals surface area contributed by atoms with Gasteiger partial charge in [-0.05, 0) is 28.9 Å². The van der Waals surface area contributed by atoms with Crippen LogP contribution in [0.4, 0.5) is 15.8 Å². The van der Waals surface area contributed by atoms with Crippen LogP contribution in [0.25, 0.3) is 0 Å². The molecule has 6 nitrogen and oxygen atoms in total. The average Bonchev–Trinajstić information content (AvgIpc) is 2.32. The van der Waals surface area contributed by atoms with E-state index >= 15 is 0 Å². The number of nitrogens with zero attached hydrogens (tertiary/aromatic N) is 1. The minimum atomic E-state index is -0.676. The quantitative estimate of drug-likeness (QED) is 0.402. The topological polar surface area (TPSA) is 87.4 Å². The number of nitro benzene ring substituents is 1. The van der Waals surface area contributed by atoms with Crippen molar-refractivity contribution in [1.82, 2.24) is 5.32 Å². The Balaban J connectivity index is 2.62. The van der Waals surface area contributed by atoms with Gasteiger partial charge in [0.15, 0.2) is 0 Å². The van der Waals surface area contributed by atoms with Crippen LogP contribution >= 0.6 is 15.9 Å². The molecule has 8 heteroatoms. The van der Waals surface area contributed by atoms with Gasteiger partial charge in [-0.3, -0.25) is 10.1 Å². The molecule has 0 aliphatic heterocycles. The number of halogens is 2. The standard InChI is InChI=1S/C11H15BrFN3O3/c1-7(17)6-14-2-3-15-10-4-8(12)9(13)5-11(10)16(18)19/h4-5,7,14-15,17H,2-3,6H2,1H3. The molecule has 0 aliphatic rings. The Bertz CT molecular complexity index is 457. The number of rotatable bonds is 7. The fourth-order valence-corrected chi connectivity index (χ4v) is 1.77. The predicted octanol–water partition coefficient (Wildman–Crippen LogP) is 1.88. The molecule has 0 aliphatic carbocycles. The number of aliphatic hydroxyl groups is 1. The second-order valence-corrected chi connectivity index (χ2v) is 4.87. The Hall–Kier alpha value is -1.25. The van der Waals surface area contributed by atoms with E-state index in [0.717, 1.165) is 6.07 Å². The van der Waals surface area contributed by atoms with Crippen LogP contribution in [0, 0.1) is 15.9 Å². The summed E-state index contributed by atoms with van der Waals surface area (Å²) in [7, 11) is 0. The zero-order valence-corrected chi connectivity index (χ0v) is 11.9. The second kappa shape index (κ2) is 7.37. The van der Waals surface area contributed by atoms with Gasteiger partial charge < -0.3 is 15.7 Å². The van der Waals surface area contributed by atoms with Crippen molar-refractivity contribution in [1.29, 1.82) is 0 Å². The second-order valence-electron chi connectivity index (χ2n) is 4.02. The predicted molar refractivity (Wildman–Crippen MR) is 73.8 cm³/mol. The molecule has 1 atom stereocenters. The molecule has 106 valence electrons. The van der Waals surface area contributed by atoms with Gasteiger partial charge in [-0.2, -0.15) is 0 Å². The van der Waals surface area contributed by atoms with Crippen molar-refractivity contribution in [2.45, 2.75) is 13.0 Å². The molecule has 1 rings (SSSR count). The maximum Gasteiger partial charge on any atom is 0.295 e. The minimum Gasteiger partial charge on any atom is -0.392 e. The zero-order valence-electron chi connectivity index (χ0n) is 10.3. The first-order valence-corrected chi connectivity index (χ1v) is 6.47. The number of hydrogen-bond acceptors (Lipinski definition) is 5. The van der Waals surface area contributed by atoms with Gasteiger partial charge in [0.2, 0.25) is 0 Å². The third-order valence-corrected chi connectivity index (χ3v) is 2.90. The summed E-state index contributed by atoms with van der Waals surface area (Å²) in [6, 6.07) is 2.21. The first kappa shape index (κ1) is 15.8. The highest BCUT2D eigenvalue weighted by molar-refractivity contribution is 9.10. The molecule has 0 heterocycles. The lowest BCUT2D eigenvalue weighted by atomic mass is 10.2. The molecule has 1 unspecified atom stereocenters. The molecular formula is C11H15BrFN3O3. The van der Waals surface area contributed by atoms with Gasteiger partial charge >= 0.3 is 0 Å². The van der Waals surface area contributed by atoms with Crippen LogP contribution in [0.5, 0.6) is 0 Å². The van der Waals surface area contributed by atoms with Crippen LogP contribution in [0.3, 0.4) is 0 Å². The van der Waals surface area contributed by atoms with E-state index in [4.69, 9.17) is 5.11 Å². The van der Waals surface area contributed by atoms with Gasteiger partial charge in [-0.1, -0.05) is 0 Å². The van der Waals surface area contributed by atoms with Gasteiger partial charge in [0.25, 0.3) is 5.69 Å². The monoisotopic (exact) mass is 335 g/mol. The molecule has 0 amide bonds. The Morgan fingerprint density at radius 2 is 2.21 bits per heavy atom. The van der Waals surface area contributed by atoms with Crippen molar-refractivity contribution in [3.05, 3.63) is 32.5 Å². The minimum absolute atomic E-state index is 0.164. The number of hydrogen-bond donors (Lipinski definition) is 3. The maximum absolute atomic E-state index is 13.2. The fourth-order valence-electron chi connectivity index (χ4n) is 1.43. The molecule has 1 aromatic rings. The average molecular weight is 336 g/mol. The van der Waals surface area contributed by atoms with Gasteiger partial charge in [0, 0.05) is 19.6 Å². The van der Waals surface area contributed by atoms with Crippen molar-refractivity contribution < 1.29 is 14.4 Å². The molecule has 1 aromatic carbocycles. The van der Waals surface area contributed by atoms with E-state index in [0.29, 0.717) is 19.6 Å². The number of nitro groups is 1. The van der Waals surface area contributed by atoms with Gasteiger partial charge in [-0.15, -0.1) is 0 Å². The lowest BCUT2D eigenvalue weighted by molar-refractivity contribution is -0.384. The third kappa shape index (κ3) is 5.09. The van der Waals surface area contributed by atoms with E-state index in [1.807, 2.05) is 0 Å². The normalized spacial score (nSPS) is 12.2. The number of aliphatic hydroxyl groups excluding tert-OH is 1. The lowest BCUT2D eigenvalue weighted by Crippen LogP contribution is -2.29. The summed E-state index contributed by atoms with van der Waals surface area (Å²) in [4.78, 5) is 10.2. The van der Waals surface area contributed by atoms with Crippen molar-refractivity contribution in [3.63, 3.8) is 0 Å². The number of benzene rings is 1. The maximum atomic E-state index is 13.2. The van der Waals surface area contributed by atoms with Crippen LogP contribution in [0.1, 0.15) is 6.92 Å². The summed E-state index contributed by atoms with van der Waals surface area (Å²) in [6.45, 7) is 3.04. The van der Waals surface area contributed by atoms with E-state index < -0.39 is 16.8 Å². The zero-order chi connectivity index (χ0) is 14.4. The van der Waals surface area contributed by atoms with Gasteiger partial charge in [0.05, 0.1) is 21.6 Å². The van der Waals surface area contributed by atoms with E-state index in [1.54, 1.807) is 6.92 Å². The highest BCUT2D eigenvalue weighted by atomic mass is 79.9. The van der Waals surface area contributed by atoms with E-state index in [2.05, 4.69) is 26.6 Å². The largest absolute Gasteiger partial charge is 0.392 e. The van der Waals surface area contributed by atoms with Crippen LogP contribution in [-0.4, -0.2) is 35.8 Å². The molecule has 0 saturated carbocycles. The Labute approximate surface area is 118 Å². The van der Waals surface area contributed by atoms with Crippen molar-refractivity contribution in [3.8, 4) is 0 Å². The first-order chi connectivity index (χ1) is 8.91. The fraction of sp³-hybridized carbons (Fsp3) is 0.455. The summed E-state index contributed by atoms with van der Waals surface area (Å²) >= 11 is 2.98. The van der Waals surface area contributed by atoms with E-state index in [-0.39, 0.29) is 15.8 Å². The van der Waals surface area contributed by atoms with Crippen LogP contribution in [0.2, 0.25) is 0 Å². The van der Waals surface area contributed by atoms with Crippen LogP contribution < -0.4 is 10.6 Å². The van der Waals surface area contributed by atoms with Crippen molar-refractivity contribution >= 4 is 27.3 Å². The molecule has 3 N–H and O–H groups in total. The molecule has 0 radical (unpaired) electrons. The van der Waals surface area contributed by atoms with Crippen LogP contribution in [0.15, 0.2) is 16.6 Å². The Morgan fingerprint density at radius 3 is 2.79 bits per heavy atom. The summed E-state index contributed by atoms with van der Waals surface area (Å²) < 4.78 is 13.4. The lowest BCUT2D eigenvalue weighted by Gasteiger charge is -2.10. The third-order valence-electron chi connectivity index (χ3n) is 2.29. The molecule has 19 heavy (non-hydrogen) atoms. The Kier molecular flexibility index (Phi) is 6.13. The number of nitrogens with one attached hydrogen (secondary N) is 2. The first-order valence-electron chi connectivity index (χ1n) is 5.68. The van der Waals surface area contributed by atoms with Crippen molar-refractivity contribution in [2.75, 3.05) is 25.0 Å². The summed E-state index contributed by atoms with van der Waals surface area (Å²) in [5, 5.41) is 25.6. The highest BCUT2D eigenvalue weighted by Gasteiger charge is 2.17. The van der Waals surface area contributed by atoms with E-state index in [9.17, 15) is 14.5 Å². The van der Waals surface area contributed by atoms with Crippen molar-refractivity contribution in [2.24, 2.45) is 0 Å². The molecule has 0 saturated heterocycles. The number of anilines is 1. The smallest absolute Gasteiger partial charge is 0.295 e. The summed E-state index contributed by atoms with van der Waals surface area (Å²) in [6.07, 6.45) is -0.450. The van der Waals surface area contributed by atoms with Gasteiger partial charge in [0.1, 0.15) is 11.5 Å². The molecule has 0 aromatic heterocycles. The van der Waals surface area contributed by atoms with Gasteiger partial charge in [-0.25, -0.2) is 4.39 Å². The molecule has 0 spiro atoms. The molecular weight excluding hydrogens is 321 g/mol. The summed E-state index contributed by atoms with van der Waals surface area (Å²) in [5.41, 5.74) is -0.0617. The highest BCUT2D eigenvalue weighted by Crippen LogP contribution is 2.30.